The number of anilines is 1. The molecule has 0 bridgehead atoms. The highest BCUT2D eigenvalue weighted by Gasteiger charge is 2.25. The second-order valence-corrected chi connectivity index (χ2v) is 10.6. The van der Waals surface area contributed by atoms with E-state index >= 15 is 0 Å². The van der Waals surface area contributed by atoms with Crippen molar-refractivity contribution in [2.24, 2.45) is 5.73 Å². The highest BCUT2D eigenvalue weighted by Crippen LogP contribution is 2.36. The predicted octanol–water partition coefficient (Wildman–Crippen LogP) is 4.48. The van der Waals surface area contributed by atoms with Gasteiger partial charge in [0, 0.05) is 18.3 Å². The van der Waals surface area contributed by atoms with Crippen molar-refractivity contribution in [3.05, 3.63) is 95.3 Å². The molecule has 0 fully saturated rings. The molecular weight excluding hydrogens is 518 g/mol. The van der Waals surface area contributed by atoms with Crippen LogP contribution in [0.1, 0.15) is 29.2 Å². The van der Waals surface area contributed by atoms with Gasteiger partial charge in [-0.25, -0.2) is 8.42 Å². The molecule has 0 aliphatic carbocycles. The van der Waals surface area contributed by atoms with Crippen molar-refractivity contribution < 1.29 is 22.4 Å². The predicted molar refractivity (Wildman–Crippen MR) is 147 cm³/mol. The normalized spacial score (nSPS) is 11.6. The molecule has 2 heterocycles. The fourth-order valence-corrected chi connectivity index (χ4v) is 5.42. The van der Waals surface area contributed by atoms with Gasteiger partial charge in [-0.2, -0.15) is 5.10 Å². The highest BCUT2D eigenvalue weighted by atomic mass is 32.2. The van der Waals surface area contributed by atoms with E-state index in [2.05, 4.69) is 15.0 Å². The number of methoxy groups -OCH3 is 1. The van der Waals surface area contributed by atoms with E-state index < -0.39 is 10.0 Å². The molecule has 0 saturated heterocycles. The zero-order chi connectivity index (χ0) is 27.4. The third-order valence-corrected chi connectivity index (χ3v) is 7.62. The molecule has 202 valence electrons. The third-order valence-electron chi connectivity index (χ3n) is 6.26. The van der Waals surface area contributed by atoms with Crippen molar-refractivity contribution in [2.75, 3.05) is 11.8 Å². The first-order valence-electron chi connectivity index (χ1n) is 12.4. The molecule has 0 unspecified atom stereocenters. The Kier molecular flexibility index (Phi) is 7.53. The summed E-state index contributed by atoms with van der Waals surface area (Å²) in [6.07, 6.45) is 4.23. The van der Waals surface area contributed by atoms with Crippen LogP contribution < -0.4 is 19.9 Å². The number of nitrogens with two attached hydrogens (primary N) is 1. The smallest absolute Gasteiger partial charge is 0.266 e. The maximum absolute atomic E-state index is 13.6. The van der Waals surface area contributed by atoms with Crippen molar-refractivity contribution >= 4 is 26.8 Å². The molecule has 0 aliphatic heterocycles. The summed E-state index contributed by atoms with van der Waals surface area (Å²) in [6.45, 7) is 3.02. The average Bonchev–Trinajstić information content (AvgIpc) is 3.58. The van der Waals surface area contributed by atoms with E-state index in [-0.39, 0.29) is 23.1 Å². The van der Waals surface area contributed by atoms with Gasteiger partial charge in [0.05, 0.1) is 19.9 Å². The zero-order valence-electron chi connectivity index (χ0n) is 21.6. The van der Waals surface area contributed by atoms with Crippen LogP contribution in [0.5, 0.6) is 11.5 Å². The number of fused-ring (bicyclic) bond motifs is 1. The minimum atomic E-state index is -4.11. The fraction of sp³-hybridized carbons (Fsp3) is 0.214. The SMILES string of the molecule is CCc1ccc(OCc2ccccc2)c(S(=O)(=O)Nc2noc3cc(Cn4cc(CN)cn4)cc(OC)c23)c1. The van der Waals surface area contributed by atoms with Gasteiger partial charge in [-0.1, -0.05) is 48.5 Å². The van der Waals surface area contributed by atoms with E-state index in [0.717, 1.165) is 22.3 Å². The monoisotopic (exact) mass is 547 g/mol. The summed E-state index contributed by atoms with van der Waals surface area (Å²) in [4.78, 5) is 0.0129. The lowest BCUT2D eigenvalue weighted by Crippen LogP contribution is -2.15. The molecule has 11 heteroatoms. The van der Waals surface area contributed by atoms with Crippen LogP contribution in [-0.2, 0) is 36.1 Å². The molecule has 10 nitrogen and oxygen atoms in total. The molecule has 0 saturated carbocycles. The van der Waals surface area contributed by atoms with Gasteiger partial charge in [0.2, 0.25) is 0 Å². The molecule has 3 aromatic carbocycles. The molecule has 0 aliphatic rings. The van der Waals surface area contributed by atoms with Crippen molar-refractivity contribution in [3.63, 3.8) is 0 Å². The van der Waals surface area contributed by atoms with Crippen molar-refractivity contribution in [2.45, 2.75) is 37.9 Å². The maximum Gasteiger partial charge on any atom is 0.266 e. The van der Waals surface area contributed by atoms with Crippen molar-refractivity contribution in [1.82, 2.24) is 14.9 Å². The minimum absolute atomic E-state index is 0.0129. The number of aryl methyl sites for hydroxylation is 1. The molecule has 5 aromatic rings. The van der Waals surface area contributed by atoms with Crippen LogP contribution in [-0.4, -0.2) is 30.5 Å². The van der Waals surface area contributed by atoms with Crippen LogP contribution in [0.15, 0.2) is 82.5 Å². The average molecular weight is 548 g/mol. The first-order chi connectivity index (χ1) is 18.9. The summed E-state index contributed by atoms with van der Waals surface area (Å²) in [5.74, 6) is 0.672. The van der Waals surface area contributed by atoms with Gasteiger partial charge in [0.1, 0.15) is 28.4 Å². The lowest BCUT2D eigenvalue weighted by molar-refractivity contribution is 0.298. The quantitative estimate of drug-likeness (QED) is 0.247. The highest BCUT2D eigenvalue weighted by molar-refractivity contribution is 7.92. The van der Waals surface area contributed by atoms with E-state index in [1.54, 1.807) is 35.1 Å². The zero-order valence-corrected chi connectivity index (χ0v) is 22.4. The fourth-order valence-electron chi connectivity index (χ4n) is 4.22. The first-order valence-corrected chi connectivity index (χ1v) is 13.9. The number of hydrogen-bond donors (Lipinski definition) is 2. The third kappa shape index (κ3) is 5.74. The van der Waals surface area contributed by atoms with Crippen LogP contribution in [0, 0.1) is 0 Å². The van der Waals surface area contributed by atoms with Gasteiger partial charge in [0.15, 0.2) is 11.4 Å². The van der Waals surface area contributed by atoms with Crippen molar-refractivity contribution in [3.8, 4) is 11.5 Å². The number of nitrogens with one attached hydrogen (secondary N) is 1. The second-order valence-electron chi connectivity index (χ2n) is 8.97. The Bertz CT molecular complexity index is 1700. The molecular formula is C28H29N5O5S. The van der Waals surface area contributed by atoms with Gasteiger partial charge in [-0.15, -0.1) is 0 Å². The molecule has 0 amide bonds. The number of hydrogen-bond acceptors (Lipinski definition) is 8. The molecule has 5 rings (SSSR count). The Labute approximate surface area is 226 Å². The van der Waals surface area contributed by atoms with Crippen LogP contribution in [0.4, 0.5) is 5.82 Å². The Hall–Kier alpha value is -4.35. The second kappa shape index (κ2) is 11.2. The van der Waals surface area contributed by atoms with E-state index in [9.17, 15) is 8.42 Å². The Morgan fingerprint density at radius 1 is 1.00 bits per heavy atom. The summed E-state index contributed by atoms with van der Waals surface area (Å²) in [5, 5.41) is 8.74. The molecule has 0 spiro atoms. The van der Waals surface area contributed by atoms with Gasteiger partial charge in [-0.05, 0) is 47.4 Å². The lowest BCUT2D eigenvalue weighted by atomic mass is 10.1. The standard InChI is InChI=1S/C28H29N5O5S/c1-3-19-9-10-23(37-18-20-7-5-4-6-8-20)26(13-19)39(34,35)32-28-27-24(36-2)11-21(12-25(27)38-31-28)16-33-17-22(14-29)15-30-33/h4-13,15,17H,3,14,16,18,29H2,1-2H3,(H,31,32). The summed E-state index contributed by atoms with van der Waals surface area (Å²) in [6, 6.07) is 18.3. The number of sulfonamides is 1. The number of ether oxygens (including phenoxy) is 2. The molecule has 39 heavy (non-hydrogen) atoms. The van der Waals surface area contributed by atoms with Crippen molar-refractivity contribution in [1.29, 1.82) is 0 Å². The number of rotatable bonds is 11. The van der Waals surface area contributed by atoms with Gasteiger partial charge >= 0.3 is 0 Å². The number of nitrogens with zero attached hydrogens (tertiary/aromatic N) is 3. The number of benzene rings is 3. The van der Waals surface area contributed by atoms with Crippen LogP contribution >= 0.6 is 0 Å². The van der Waals surface area contributed by atoms with Gasteiger partial charge < -0.3 is 19.7 Å². The Morgan fingerprint density at radius 2 is 1.82 bits per heavy atom. The molecule has 0 atom stereocenters. The summed E-state index contributed by atoms with van der Waals surface area (Å²) in [5.41, 5.74) is 9.58. The molecule has 2 aromatic heterocycles. The Morgan fingerprint density at radius 3 is 2.54 bits per heavy atom. The summed E-state index contributed by atoms with van der Waals surface area (Å²) < 4.78 is 48.7. The van der Waals surface area contributed by atoms with Crippen LogP contribution in [0.3, 0.4) is 0 Å². The van der Waals surface area contributed by atoms with Crippen LogP contribution in [0.2, 0.25) is 0 Å². The summed E-state index contributed by atoms with van der Waals surface area (Å²) >= 11 is 0. The summed E-state index contributed by atoms with van der Waals surface area (Å²) in [7, 11) is -2.60. The van der Waals surface area contributed by atoms with Gasteiger partial charge in [-0.3, -0.25) is 9.40 Å². The Balaban J connectivity index is 1.45. The van der Waals surface area contributed by atoms with Crippen LogP contribution in [0.25, 0.3) is 11.0 Å². The lowest BCUT2D eigenvalue weighted by Gasteiger charge is -2.14. The molecule has 3 N–H and O–H groups in total. The largest absolute Gasteiger partial charge is 0.496 e. The molecule has 0 radical (unpaired) electrons. The van der Waals surface area contributed by atoms with E-state index in [4.69, 9.17) is 19.7 Å². The van der Waals surface area contributed by atoms with E-state index in [1.807, 2.05) is 49.5 Å². The van der Waals surface area contributed by atoms with E-state index in [1.165, 1.54) is 7.11 Å². The number of aromatic nitrogens is 3. The topological polar surface area (TPSA) is 134 Å². The van der Waals surface area contributed by atoms with E-state index in [0.29, 0.717) is 36.2 Å². The first kappa shape index (κ1) is 26.3. The minimum Gasteiger partial charge on any atom is -0.496 e. The van der Waals surface area contributed by atoms with Gasteiger partial charge in [0.25, 0.3) is 10.0 Å². The maximum atomic E-state index is 13.6.